The first-order chi connectivity index (χ1) is 12.5. The molecule has 2 aromatic rings. The fourth-order valence-corrected chi connectivity index (χ4v) is 3.17. The molecular weight excluding hydrogens is 356 g/mol. The lowest BCUT2D eigenvalue weighted by molar-refractivity contribution is -0.144. The van der Waals surface area contributed by atoms with Crippen LogP contribution in [-0.4, -0.2) is 45.5 Å². The number of benzene rings is 1. The molecule has 8 nitrogen and oxygen atoms in total. The predicted molar refractivity (Wildman–Crippen MR) is 98.0 cm³/mol. The van der Waals surface area contributed by atoms with Gasteiger partial charge in [-0.3, -0.25) is 9.36 Å². The SMILES string of the molecule is CCCn1c(SCC(=O)N[C@@H](Cc2ccccc2)C(=O)OC)n[nH]c1=O. The molecule has 0 saturated carbocycles. The normalized spacial score (nSPS) is 11.8. The van der Waals surface area contributed by atoms with Crippen LogP contribution in [0.3, 0.4) is 0 Å². The van der Waals surface area contributed by atoms with Gasteiger partial charge in [0.25, 0.3) is 0 Å². The number of H-pyrrole nitrogens is 1. The molecule has 2 N–H and O–H groups in total. The number of nitrogens with zero attached hydrogens (tertiary/aromatic N) is 2. The van der Waals surface area contributed by atoms with E-state index in [2.05, 4.69) is 15.5 Å². The van der Waals surface area contributed by atoms with Gasteiger partial charge in [-0.15, -0.1) is 5.10 Å². The summed E-state index contributed by atoms with van der Waals surface area (Å²) in [5.41, 5.74) is 0.617. The predicted octanol–water partition coefficient (Wildman–Crippen LogP) is 0.974. The lowest BCUT2D eigenvalue weighted by Crippen LogP contribution is -2.43. The van der Waals surface area contributed by atoms with Crippen LogP contribution < -0.4 is 11.0 Å². The Morgan fingerprint density at radius 3 is 2.73 bits per heavy atom. The van der Waals surface area contributed by atoms with Gasteiger partial charge in [0.15, 0.2) is 5.16 Å². The van der Waals surface area contributed by atoms with Crippen LogP contribution in [-0.2, 0) is 27.3 Å². The van der Waals surface area contributed by atoms with Crippen LogP contribution in [0.15, 0.2) is 40.3 Å². The molecule has 0 aliphatic carbocycles. The van der Waals surface area contributed by atoms with Crippen LogP contribution in [0.5, 0.6) is 0 Å². The molecule has 0 unspecified atom stereocenters. The first kappa shape index (κ1) is 19.8. The van der Waals surface area contributed by atoms with Crippen molar-refractivity contribution in [3.63, 3.8) is 0 Å². The molecule has 9 heteroatoms. The maximum absolute atomic E-state index is 12.2. The fraction of sp³-hybridized carbons (Fsp3) is 0.412. The highest BCUT2D eigenvalue weighted by Crippen LogP contribution is 2.13. The summed E-state index contributed by atoms with van der Waals surface area (Å²) in [7, 11) is 1.29. The summed E-state index contributed by atoms with van der Waals surface area (Å²) < 4.78 is 6.27. The van der Waals surface area contributed by atoms with Gasteiger partial charge in [-0.1, -0.05) is 49.0 Å². The quantitative estimate of drug-likeness (QED) is 0.498. The first-order valence-electron chi connectivity index (χ1n) is 8.24. The van der Waals surface area contributed by atoms with Crippen LogP contribution in [0, 0.1) is 0 Å². The van der Waals surface area contributed by atoms with Crippen LogP contribution >= 0.6 is 11.8 Å². The van der Waals surface area contributed by atoms with Gasteiger partial charge in [0.2, 0.25) is 5.91 Å². The Bertz CT molecular complexity index is 788. The zero-order valence-corrected chi connectivity index (χ0v) is 15.5. The van der Waals surface area contributed by atoms with E-state index in [1.165, 1.54) is 11.7 Å². The van der Waals surface area contributed by atoms with Crippen LogP contribution in [0.25, 0.3) is 0 Å². The summed E-state index contributed by atoms with van der Waals surface area (Å²) in [5.74, 6) is -0.800. The van der Waals surface area contributed by atoms with E-state index in [9.17, 15) is 14.4 Å². The van der Waals surface area contributed by atoms with Gasteiger partial charge in [0.1, 0.15) is 6.04 Å². The Hall–Kier alpha value is -2.55. The molecule has 1 heterocycles. The maximum Gasteiger partial charge on any atom is 0.343 e. The number of carbonyl (C=O) groups is 2. The van der Waals surface area contributed by atoms with Crippen molar-refractivity contribution < 1.29 is 14.3 Å². The number of aromatic amines is 1. The molecular formula is C17H22N4O4S. The van der Waals surface area contributed by atoms with Crippen LogP contribution in [0.1, 0.15) is 18.9 Å². The molecule has 140 valence electrons. The molecule has 0 radical (unpaired) electrons. The molecule has 0 aliphatic heterocycles. The van der Waals surface area contributed by atoms with Crippen molar-refractivity contribution in [3.8, 4) is 0 Å². The summed E-state index contributed by atoms with van der Waals surface area (Å²) in [6.07, 6.45) is 1.12. The van der Waals surface area contributed by atoms with E-state index in [0.717, 1.165) is 23.7 Å². The number of thioether (sulfide) groups is 1. The van der Waals surface area contributed by atoms with Crippen molar-refractivity contribution >= 4 is 23.6 Å². The molecule has 1 atom stereocenters. The zero-order chi connectivity index (χ0) is 18.9. The molecule has 26 heavy (non-hydrogen) atoms. The van der Waals surface area contributed by atoms with Gasteiger partial charge < -0.3 is 10.1 Å². The number of carbonyl (C=O) groups excluding carboxylic acids is 2. The molecule has 1 amide bonds. The summed E-state index contributed by atoms with van der Waals surface area (Å²) >= 11 is 1.14. The van der Waals surface area contributed by atoms with E-state index >= 15 is 0 Å². The first-order valence-corrected chi connectivity index (χ1v) is 9.22. The molecule has 0 aliphatic rings. The lowest BCUT2D eigenvalue weighted by Gasteiger charge is -2.16. The average Bonchev–Trinajstić information content (AvgIpc) is 3.00. The van der Waals surface area contributed by atoms with Crippen molar-refractivity contribution in [3.05, 3.63) is 46.4 Å². The highest BCUT2D eigenvalue weighted by Gasteiger charge is 2.22. The second-order valence-electron chi connectivity index (χ2n) is 5.58. The van der Waals surface area contributed by atoms with E-state index in [-0.39, 0.29) is 17.3 Å². The molecule has 0 fully saturated rings. The van der Waals surface area contributed by atoms with E-state index < -0.39 is 12.0 Å². The van der Waals surface area contributed by atoms with Gasteiger partial charge in [0, 0.05) is 13.0 Å². The molecule has 0 spiro atoms. The Kier molecular flexibility index (Phi) is 7.46. The Morgan fingerprint density at radius 1 is 1.35 bits per heavy atom. The summed E-state index contributed by atoms with van der Waals surface area (Å²) in [4.78, 5) is 35.9. The second kappa shape index (κ2) is 9.81. The fourth-order valence-electron chi connectivity index (χ4n) is 2.39. The van der Waals surface area contributed by atoms with Crippen molar-refractivity contribution in [2.45, 2.75) is 37.5 Å². The maximum atomic E-state index is 12.2. The van der Waals surface area contributed by atoms with Gasteiger partial charge in [-0.2, -0.15) is 0 Å². The van der Waals surface area contributed by atoms with Crippen molar-refractivity contribution in [1.82, 2.24) is 20.1 Å². The lowest BCUT2D eigenvalue weighted by atomic mass is 10.1. The Labute approximate surface area is 155 Å². The molecule has 0 saturated heterocycles. The van der Waals surface area contributed by atoms with E-state index in [0.29, 0.717) is 18.1 Å². The minimum absolute atomic E-state index is 0.0380. The third kappa shape index (κ3) is 5.48. The Balaban J connectivity index is 1.97. The number of esters is 1. The highest BCUT2D eigenvalue weighted by molar-refractivity contribution is 7.99. The van der Waals surface area contributed by atoms with Crippen LogP contribution in [0.2, 0.25) is 0 Å². The Morgan fingerprint density at radius 2 is 2.08 bits per heavy atom. The largest absolute Gasteiger partial charge is 0.467 e. The van der Waals surface area contributed by atoms with E-state index in [1.807, 2.05) is 37.3 Å². The number of rotatable bonds is 9. The summed E-state index contributed by atoms with van der Waals surface area (Å²) in [6.45, 7) is 2.48. The zero-order valence-electron chi connectivity index (χ0n) is 14.7. The molecule has 0 bridgehead atoms. The number of hydrogen-bond donors (Lipinski definition) is 2. The van der Waals surface area contributed by atoms with Gasteiger partial charge in [0.05, 0.1) is 12.9 Å². The number of ether oxygens (including phenoxy) is 1. The number of hydrogen-bond acceptors (Lipinski definition) is 6. The van der Waals surface area contributed by atoms with Gasteiger partial charge in [-0.05, 0) is 12.0 Å². The van der Waals surface area contributed by atoms with Crippen molar-refractivity contribution in [2.75, 3.05) is 12.9 Å². The van der Waals surface area contributed by atoms with E-state index in [4.69, 9.17) is 4.74 Å². The van der Waals surface area contributed by atoms with Crippen molar-refractivity contribution in [2.24, 2.45) is 0 Å². The number of amides is 1. The average molecular weight is 378 g/mol. The topological polar surface area (TPSA) is 106 Å². The number of methoxy groups -OCH3 is 1. The van der Waals surface area contributed by atoms with Gasteiger partial charge in [-0.25, -0.2) is 14.7 Å². The molecule has 2 rings (SSSR count). The minimum atomic E-state index is -0.771. The minimum Gasteiger partial charge on any atom is -0.467 e. The third-order valence-electron chi connectivity index (χ3n) is 3.61. The summed E-state index contributed by atoms with van der Waals surface area (Å²) in [5, 5.41) is 9.43. The number of nitrogens with one attached hydrogen (secondary N) is 2. The monoisotopic (exact) mass is 378 g/mol. The number of aromatic nitrogens is 3. The second-order valence-corrected chi connectivity index (χ2v) is 6.53. The van der Waals surface area contributed by atoms with E-state index in [1.54, 1.807) is 0 Å². The standard InChI is InChI=1S/C17H22N4O4S/c1-3-9-21-16(24)19-20-17(21)26-11-14(22)18-13(15(23)25-2)10-12-7-5-4-6-8-12/h4-8,13H,3,9-11H2,1-2H3,(H,18,22)(H,19,24)/t13-/m0/s1. The highest BCUT2D eigenvalue weighted by atomic mass is 32.2. The van der Waals surface area contributed by atoms with Gasteiger partial charge >= 0.3 is 11.7 Å². The van der Waals surface area contributed by atoms with Crippen molar-refractivity contribution in [1.29, 1.82) is 0 Å². The third-order valence-corrected chi connectivity index (χ3v) is 4.58. The summed E-state index contributed by atoms with van der Waals surface area (Å²) in [6, 6.07) is 8.60. The molecule has 1 aromatic carbocycles. The smallest absolute Gasteiger partial charge is 0.343 e. The van der Waals surface area contributed by atoms with Crippen LogP contribution in [0.4, 0.5) is 0 Å². The molecule has 1 aromatic heterocycles.